The standard InChI is InChI=1S/C24H28N2O5S/c1-15-10-16(2)12-18(11-15)25-32(29,30)22-13-17(8-9-21(22)31-3)14-26-23(27)19-6-4-5-7-20(19)24(26)28/h8-13,19-20,25H,4-7,14H2,1-3H3/t19-,20-/m0/s1. The number of nitrogens with zero attached hydrogens (tertiary/aromatic N) is 1. The summed E-state index contributed by atoms with van der Waals surface area (Å²) in [6, 6.07) is 10.2. The highest BCUT2D eigenvalue weighted by molar-refractivity contribution is 7.92. The average molecular weight is 457 g/mol. The third-order valence-electron chi connectivity index (χ3n) is 6.26. The van der Waals surface area contributed by atoms with Crippen LogP contribution in [0.25, 0.3) is 0 Å². The zero-order chi connectivity index (χ0) is 23.0. The number of ether oxygens (including phenoxy) is 1. The van der Waals surface area contributed by atoms with E-state index in [2.05, 4.69) is 4.72 Å². The summed E-state index contributed by atoms with van der Waals surface area (Å²) in [6.45, 7) is 3.85. The summed E-state index contributed by atoms with van der Waals surface area (Å²) in [5.74, 6) is -0.562. The minimum absolute atomic E-state index is 0.0341. The van der Waals surface area contributed by atoms with Gasteiger partial charge in [-0.15, -0.1) is 0 Å². The highest BCUT2D eigenvalue weighted by Crippen LogP contribution is 2.39. The lowest BCUT2D eigenvalue weighted by atomic mass is 9.81. The van der Waals surface area contributed by atoms with Crippen LogP contribution in [-0.2, 0) is 26.2 Å². The molecule has 0 aromatic heterocycles. The van der Waals surface area contributed by atoms with Gasteiger partial charge in [0.2, 0.25) is 11.8 Å². The van der Waals surface area contributed by atoms with Crippen molar-refractivity contribution in [3.8, 4) is 5.75 Å². The molecule has 32 heavy (non-hydrogen) atoms. The van der Waals surface area contributed by atoms with Crippen LogP contribution in [-0.4, -0.2) is 32.2 Å². The predicted molar refractivity (Wildman–Crippen MR) is 121 cm³/mol. The molecule has 2 aromatic rings. The number of anilines is 1. The normalized spacial score (nSPS) is 20.9. The molecule has 170 valence electrons. The molecule has 1 heterocycles. The number of methoxy groups -OCH3 is 1. The van der Waals surface area contributed by atoms with E-state index in [9.17, 15) is 18.0 Å². The second-order valence-corrected chi connectivity index (χ2v) is 10.4. The quantitative estimate of drug-likeness (QED) is 0.668. The maximum absolute atomic E-state index is 13.2. The number of hydrogen-bond acceptors (Lipinski definition) is 5. The van der Waals surface area contributed by atoms with Gasteiger partial charge in [-0.05, 0) is 67.6 Å². The average Bonchev–Trinajstić information content (AvgIpc) is 2.98. The number of likely N-dealkylation sites (tertiary alicyclic amines) is 1. The Bertz CT molecular complexity index is 1130. The zero-order valence-corrected chi connectivity index (χ0v) is 19.4. The van der Waals surface area contributed by atoms with Gasteiger partial charge in [0.15, 0.2) is 0 Å². The molecule has 0 spiro atoms. The predicted octanol–water partition coefficient (Wildman–Crippen LogP) is 3.79. The number of carbonyl (C=O) groups excluding carboxylic acids is 2. The van der Waals surface area contributed by atoms with Crippen LogP contribution >= 0.6 is 0 Å². The van der Waals surface area contributed by atoms with Crippen LogP contribution in [0.2, 0.25) is 0 Å². The van der Waals surface area contributed by atoms with Crippen LogP contribution < -0.4 is 9.46 Å². The van der Waals surface area contributed by atoms with Crippen LogP contribution in [0.15, 0.2) is 41.3 Å². The van der Waals surface area contributed by atoms with E-state index in [0.717, 1.165) is 36.8 Å². The van der Waals surface area contributed by atoms with E-state index in [1.807, 2.05) is 19.9 Å². The van der Waals surface area contributed by atoms with Crippen molar-refractivity contribution in [2.24, 2.45) is 11.8 Å². The molecule has 2 atom stereocenters. The molecule has 1 saturated carbocycles. The molecule has 2 amide bonds. The number of amides is 2. The molecule has 1 aliphatic carbocycles. The molecule has 4 rings (SSSR count). The number of nitrogens with one attached hydrogen (secondary N) is 1. The summed E-state index contributed by atoms with van der Waals surface area (Å²) >= 11 is 0. The number of hydrogen-bond donors (Lipinski definition) is 1. The van der Waals surface area contributed by atoms with Crippen LogP contribution in [0.5, 0.6) is 5.75 Å². The maximum Gasteiger partial charge on any atom is 0.265 e. The van der Waals surface area contributed by atoms with Crippen LogP contribution in [0.1, 0.15) is 42.4 Å². The third-order valence-corrected chi connectivity index (χ3v) is 7.67. The van der Waals surface area contributed by atoms with Crippen molar-refractivity contribution in [3.63, 3.8) is 0 Å². The van der Waals surface area contributed by atoms with Crippen LogP contribution in [0.3, 0.4) is 0 Å². The van der Waals surface area contributed by atoms with Crippen molar-refractivity contribution in [2.45, 2.75) is 51.0 Å². The Morgan fingerprint density at radius 2 is 1.56 bits per heavy atom. The van der Waals surface area contributed by atoms with Crippen molar-refractivity contribution < 1.29 is 22.7 Å². The highest BCUT2D eigenvalue weighted by atomic mass is 32.2. The molecule has 0 unspecified atom stereocenters. The van der Waals surface area contributed by atoms with Gasteiger partial charge in [-0.2, -0.15) is 0 Å². The molecule has 2 aromatic carbocycles. The largest absolute Gasteiger partial charge is 0.495 e. The number of rotatable bonds is 6. The molecule has 1 aliphatic heterocycles. The second-order valence-electron chi connectivity index (χ2n) is 8.73. The molecular weight excluding hydrogens is 428 g/mol. The molecule has 8 heteroatoms. The first kappa shape index (κ1) is 22.3. The van der Waals surface area contributed by atoms with Crippen LogP contribution in [0.4, 0.5) is 5.69 Å². The summed E-state index contributed by atoms with van der Waals surface area (Å²) in [4.78, 5) is 26.9. The third kappa shape index (κ3) is 4.24. The van der Waals surface area contributed by atoms with Crippen LogP contribution in [0, 0.1) is 25.7 Å². The first-order valence-corrected chi connectivity index (χ1v) is 12.3. The summed E-state index contributed by atoms with van der Waals surface area (Å²) in [5.41, 5.74) is 2.91. The molecular formula is C24H28N2O5S. The molecule has 2 fully saturated rings. The Kier molecular flexibility index (Phi) is 5.99. The number of imide groups is 1. The van der Waals surface area contributed by atoms with Gasteiger partial charge in [0.25, 0.3) is 10.0 Å². The minimum Gasteiger partial charge on any atom is -0.495 e. The van der Waals surface area contributed by atoms with Gasteiger partial charge in [-0.25, -0.2) is 8.42 Å². The zero-order valence-electron chi connectivity index (χ0n) is 18.6. The summed E-state index contributed by atoms with van der Waals surface area (Å²) < 4.78 is 34.3. The summed E-state index contributed by atoms with van der Waals surface area (Å²) in [6.07, 6.45) is 3.41. The Morgan fingerprint density at radius 3 is 2.12 bits per heavy atom. The molecule has 0 bridgehead atoms. The topological polar surface area (TPSA) is 92.8 Å². The Hall–Kier alpha value is -2.87. The Labute approximate surface area is 188 Å². The van der Waals surface area contributed by atoms with Crippen molar-refractivity contribution in [2.75, 3.05) is 11.8 Å². The smallest absolute Gasteiger partial charge is 0.265 e. The van der Waals surface area contributed by atoms with Crippen molar-refractivity contribution in [1.82, 2.24) is 4.90 Å². The lowest BCUT2D eigenvalue weighted by molar-refractivity contribution is -0.140. The fraction of sp³-hybridized carbons (Fsp3) is 0.417. The van der Waals surface area contributed by atoms with Gasteiger partial charge in [0, 0.05) is 5.69 Å². The van der Waals surface area contributed by atoms with E-state index in [1.165, 1.54) is 18.1 Å². The van der Waals surface area contributed by atoms with Crippen molar-refractivity contribution in [1.29, 1.82) is 0 Å². The number of carbonyl (C=O) groups is 2. The van der Waals surface area contributed by atoms with E-state index in [0.29, 0.717) is 11.3 Å². The van der Waals surface area contributed by atoms with Gasteiger partial charge >= 0.3 is 0 Å². The molecule has 1 saturated heterocycles. The van der Waals surface area contributed by atoms with Gasteiger partial charge < -0.3 is 4.74 Å². The molecule has 1 N–H and O–H groups in total. The second kappa shape index (κ2) is 8.58. The first-order chi connectivity index (χ1) is 15.2. The van der Waals surface area contributed by atoms with E-state index < -0.39 is 10.0 Å². The van der Waals surface area contributed by atoms with Crippen molar-refractivity contribution >= 4 is 27.5 Å². The minimum atomic E-state index is -3.96. The fourth-order valence-corrected chi connectivity index (χ4v) is 6.10. The number of sulfonamides is 1. The summed E-state index contributed by atoms with van der Waals surface area (Å²) in [7, 11) is -2.55. The van der Waals surface area contributed by atoms with Crippen molar-refractivity contribution in [3.05, 3.63) is 53.1 Å². The maximum atomic E-state index is 13.2. The number of aryl methyl sites for hydroxylation is 2. The lowest BCUT2D eigenvalue weighted by Crippen LogP contribution is -2.30. The van der Waals surface area contributed by atoms with Gasteiger partial charge in [-0.1, -0.05) is 25.0 Å². The summed E-state index contributed by atoms with van der Waals surface area (Å²) in [5, 5.41) is 0. The Morgan fingerprint density at radius 1 is 0.969 bits per heavy atom. The highest BCUT2D eigenvalue weighted by Gasteiger charge is 2.47. The van der Waals surface area contributed by atoms with Gasteiger partial charge in [-0.3, -0.25) is 19.2 Å². The van der Waals surface area contributed by atoms with E-state index in [-0.39, 0.29) is 40.8 Å². The van der Waals surface area contributed by atoms with Gasteiger partial charge in [0.1, 0.15) is 10.6 Å². The first-order valence-electron chi connectivity index (χ1n) is 10.8. The SMILES string of the molecule is COc1ccc(CN2C(=O)[C@H]3CCCC[C@@H]3C2=O)cc1S(=O)(=O)Nc1cc(C)cc(C)c1. The molecule has 2 aliphatic rings. The Balaban J connectivity index is 1.62. The fourth-order valence-electron chi connectivity index (χ4n) is 4.84. The number of benzene rings is 2. The van der Waals surface area contributed by atoms with E-state index in [4.69, 9.17) is 4.74 Å². The monoisotopic (exact) mass is 456 g/mol. The molecule has 7 nitrogen and oxygen atoms in total. The van der Waals surface area contributed by atoms with Gasteiger partial charge in [0.05, 0.1) is 25.5 Å². The van der Waals surface area contributed by atoms with E-state index >= 15 is 0 Å². The molecule has 0 radical (unpaired) electrons. The van der Waals surface area contributed by atoms with E-state index in [1.54, 1.807) is 24.3 Å². The number of fused-ring (bicyclic) bond motifs is 1. The lowest BCUT2D eigenvalue weighted by Gasteiger charge is -2.19.